The van der Waals surface area contributed by atoms with E-state index in [0.717, 1.165) is 5.56 Å². The van der Waals surface area contributed by atoms with E-state index in [1.807, 2.05) is 18.2 Å². The van der Waals surface area contributed by atoms with Crippen molar-refractivity contribution in [1.82, 2.24) is 24.5 Å². The monoisotopic (exact) mass is 417 g/mol. The first kappa shape index (κ1) is 20.5. The molecule has 1 unspecified atom stereocenters. The average molecular weight is 418 g/mol. The zero-order valence-corrected chi connectivity index (χ0v) is 16.9. The average Bonchev–Trinajstić information content (AvgIpc) is 3.18. The van der Waals surface area contributed by atoms with Crippen molar-refractivity contribution in [1.29, 1.82) is 0 Å². The van der Waals surface area contributed by atoms with Crippen molar-refractivity contribution in [3.63, 3.8) is 0 Å². The highest BCUT2D eigenvalue weighted by Gasteiger charge is 2.24. The molecule has 29 heavy (non-hydrogen) atoms. The lowest BCUT2D eigenvalue weighted by molar-refractivity contribution is -0.386. The number of aryl methyl sites for hydroxylation is 1. The second-order valence-corrected chi connectivity index (χ2v) is 7.18. The van der Waals surface area contributed by atoms with Crippen LogP contribution in [0.15, 0.2) is 30.6 Å². The number of benzene rings is 1. The molecule has 1 N–H and O–H groups in total. The first-order valence-electron chi connectivity index (χ1n) is 8.87. The molecule has 1 amide bonds. The van der Waals surface area contributed by atoms with Crippen molar-refractivity contribution < 1.29 is 9.72 Å². The van der Waals surface area contributed by atoms with Gasteiger partial charge in [0.25, 0.3) is 0 Å². The van der Waals surface area contributed by atoms with Gasteiger partial charge in [-0.2, -0.15) is 5.10 Å². The summed E-state index contributed by atoms with van der Waals surface area (Å²) in [6, 6.07) is 7.39. The van der Waals surface area contributed by atoms with Gasteiger partial charge in [-0.15, -0.1) is 5.10 Å². The Balaban J connectivity index is 1.62. The lowest BCUT2D eigenvalue weighted by Crippen LogP contribution is -2.26. The number of hydrogen-bond acceptors (Lipinski definition) is 6. The van der Waals surface area contributed by atoms with Crippen molar-refractivity contribution in [3.8, 4) is 0 Å². The maximum Gasteiger partial charge on any atom is 0.312 e. The van der Waals surface area contributed by atoms with Crippen LogP contribution in [0.4, 0.5) is 11.6 Å². The van der Waals surface area contributed by atoms with E-state index in [0.29, 0.717) is 23.0 Å². The van der Waals surface area contributed by atoms with Crippen molar-refractivity contribution in [2.75, 3.05) is 5.32 Å². The van der Waals surface area contributed by atoms with Gasteiger partial charge < -0.3 is 0 Å². The van der Waals surface area contributed by atoms with E-state index in [1.54, 1.807) is 31.5 Å². The Hall–Kier alpha value is -3.27. The molecule has 0 aliphatic carbocycles. The molecule has 0 spiro atoms. The summed E-state index contributed by atoms with van der Waals surface area (Å²) in [6.07, 6.45) is 1.52. The summed E-state index contributed by atoms with van der Waals surface area (Å²) in [5.41, 5.74) is 1.66. The maximum absolute atomic E-state index is 12.5. The smallest absolute Gasteiger partial charge is 0.293 e. The second kappa shape index (κ2) is 8.39. The highest BCUT2D eigenvalue weighted by atomic mass is 35.5. The molecule has 0 fully saturated rings. The van der Waals surface area contributed by atoms with Gasteiger partial charge in [-0.25, -0.2) is 9.67 Å². The topological polar surface area (TPSA) is 121 Å². The minimum atomic E-state index is -0.493. The van der Waals surface area contributed by atoms with E-state index in [9.17, 15) is 14.9 Å². The van der Waals surface area contributed by atoms with Crippen LogP contribution in [0.25, 0.3) is 0 Å². The number of amides is 1. The molecule has 0 saturated heterocycles. The zero-order valence-electron chi connectivity index (χ0n) is 16.2. The molecule has 0 aliphatic rings. The van der Waals surface area contributed by atoms with E-state index >= 15 is 0 Å². The molecule has 3 aromatic rings. The summed E-state index contributed by atoms with van der Waals surface area (Å²) in [6.45, 7) is 5.56. The molecule has 2 heterocycles. The number of hydrogen-bond donors (Lipinski definition) is 1. The lowest BCUT2D eigenvalue weighted by Gasteiger charge is -2.11. The first-order chi connectivity index (χ1) is 13.7. The molecule has 0 saturated carbocycles. The van der Waals surface area contributed by atoms with E-state index < -0.39 is 10.8 Å². The number of aromatic nitrogens is 5. The first-order valence-corrected chi connectivity index (χ1v) is 9.25. The number of carbonyl (C=O) groups is 1. The van der Waals surface area contributed by atoms with Crippen LogP contribution in [0.3, 0.4) is 0 Å². The molecule has 0 bridgehead atoms. The van der Waals surface area contributed by atoms with Gasteiger partial charge in [-0.3, -0.25) is 24.9 Å². The fraction of sp³-hybridized carbons (Fsp3) is 0.333. The Bertz CT molecular complexity index is 1060. The largest absolute Gasteiger partial charge is 0.312 e. The van der Waals surface area contributed by atoms with E-state index in [2.05, 4.69) is 20.5 Å². The number of anilines is 1. The minimum Gasteiger partial charge on any atom is -0.293 e. The number of carbonyl (C=O) groups excluding carboxylic acids is 1. The van der Waals surface area contributed by atoms with Crippen LogP contribution in [0.5, 0.6) is 0 Å². The summed E-state index contributed by atoms with van der Waals surface area (Å²) in [5.74, 6) is -0.614. The molecule has 1 aromatic carbocycles. The zero-order chi connectivity index (χ0) is 21.1. The van der Waals surface area contributed by atoms with Crippen LogP contribution in [-0.2, 0) is 17.9 Å². The number of halogens is 1. The summed E-state index contributed by atoms with van der Waals surface area (Å²) in [4.78, 5) is 27.2. The number of nitrogens with one attached hydrogen (secondary N) is 1. The Labute approximate surface area is 171 Å². The predicted octanol–water partition coefficient (Wildman–Crippen LogP) is 2.98. The van der Waals surface area contributed by atoms with Gasteiger partial charge >= 0.3 is 5.69 Å². The molecule has 0 radical (unpaired) electrons. The summed E-state index contributed by atoms with van der Waals surface area (Å²) >= 11 is 5.98. The molecule has 11 heteroatoms. The van der Waals surface area contributed by atoms with Gasteiger partial charge in [0.05, 0.1) is 23.9 Å². The molecule has 10 nitrogen and oxygen atoms in total. The van der Waals surface area contributed by atoms with Crippen LogP contribution in [-0.4, -0.2) is 35.4 Å². The van der Waals surface area contributed by atoms with Crippen molar-refractivity contribution in [2.45, 2.75) is 33.9 Å². The Morgan fingerprint density at radius 2 is 2.10 bits per heavy atom. The van der Waals surface area contributed by atoms with Crippen LogP contribution >= 0.6 is 11.6 Å². The summed E-state index contributed by atoms with van der Waals surface area (Å²) < 4.78 is 3.07. The predicted molar refractivity (Wildman–Crippen MR) is 107 cm³/mol. The Morgan fingerprint density at radius 3 is 2.76 bits per heavy atom. The van der Waals surface area contributed by atoms with Gasteiger partial charge in [0.15, 0.2) is 0 Å². The van der Waals surface area contributed by atoms with Gasteiger partial charge in [0, 0.05) is 5.02 Å². The van der Waals surface area contributed by atoms with E-state index in [4.69, 9.17) is 11.6 Å². The van der Waals surface area contributed by atoms with Crippen molar-refractivity contribution >= 4 is 29.1 Å². The standard InChI is InChI=1S/C18H20ClN7O3/c1-11(8-25-13(3)16(26(28)29)12(2)22-25)17(27)21-18-20-10-24(23-18)9-14-5-4-6-15(19)7-14/h4-7,10-11H,8-9H2,1-3H3,(H,21,23,27). The van der Waals surface area contributed by atoms with E-state index in [-0.39, 0.29) is 24.1 Å². The molecule has 152 valence electrons. The minimum absolute atomic E-state index is 0.0287. The second-order valence-electron chi connectivity index (χ2n) is 6.74. The Kier molecular flexibility index (Phi) is 5.92. The number of rotatable bonds is 7. The van der Waals surface area contributed by atoms with Gasteiger partial charge in [-0.05, 0) is 31.5 Å². The molecule has 3 rings (SSSR count). The number of nitro groups is 1. The van der Waals surface area contributed by atoms with E-state index in [1.165, 1.54) is 11.0 Å². The van der Waals surface area contributed by atoms with Gasteiger partial charge in [-0.1, -0.05) is 30.7 Å². The van der Waals surface area contributed by atoms with Crippen LogP contribution in [0.1, 0.15) is 23.9 Å². The third kappa shape index (κ3) is 4.77. The highest BCUT2D eigenvalue weighted by molar-refractivity contribution is 6.30. The molecule has 0 aliphatic heterocycles. The molecular weight excluding hydrogens is 398 g/mol. The molecule has 1 atom stereocenters. The highest BCUT2D eigenvalue weighted by Crippen LogP contribution is 2.22. The molecule has 2 aromatic heterocycles. The fourth-order valence-electron chi connectivity index (χ4n) is 2.96. The Morgan fingerprint density at radius 1 is 1.34 bits per heavy atom. The van der Waals surface area contributed by atoms with Crippen LogP contribution in [0, 0.1) is 29.9 Å². The quantitative estimate of drug-likeness (QED) is 0.466. The van der Waals surface area contributed by atoms with Gasteiger partial charge in [0.1, 0.15) is 17.7 Å². The number of nitrogens with zero attached hydrogens (tertiary/aromatic N) is 6. The fourth-order valence-corrected chi connectivity index (χ4v) is 3.17. The summed E-state index contributed by atoms with van der Waals surface area (Å²) in [7, 11) is 0. The third-order valence-electron chi connectivity index (χ3n) is 4.43. The lowest BCUT2D eigenvalue weighted by atomic mass is 10.1. The van der Waals surface area contributed by atoms with Gasteiger partial charge in [0.2, 0.25) is 11.9 Å². The third-order valence-corrected chi connectivity index (χ3v) is 4.66. The normalized spacial score (nSPS) is 12.0. The van der Waals surface area contributed by atoms with Crippen LogP contribution < -0.4 is 5.32 Å². The SMILES string of the molecule is Cc1nn(CC(C)C(=O)Nc2ncn(Cc3cccc(Cl)c3)n2)c(C)c1[N+](=O)[O-]. The van der Waals surface area contributed by atoms with Crippen molar-refractivity contribution in [3.05, 3.63) is 62.7 Å². The molecular formula is C18H20ClN7O3. The maximum atomic E-state index is 12.5. The van der Waals surface area contributed by atoms with Crippen molar-refractivity contribution in [2.24, 2.45) is 5.92 Å². The van der Waals surface area contributed by atoms with Crippen LogP contribution in [0.2, 0.25) is 5.02 Å². The summed E-state index contributed by atoms with van der Waals surface area (Å²) in [5, 5.41) is 22.8.